The first-order valence-electron chi connectivity index (χ1n) is 18.7. The van der Waals surface area contributed by atoms with E-state index in [9.17, 15) is 0 Å². The first kappa shape index (κ1) is 31.8. The first-order valence-corrected chi connectivity index (χ1v) is 18.7. The Labute approximate surface area is 322 Å². The molecule has 6 heteroatoms. The van der Waals surface area contributed by atoms with Gasteiger partial charge in [0.1, 0.15) is 0 Å². The van der Waals surface area contributed by atoms with Gasteiger partial charge < -0.3 is 9.13 Å². The lowest BCUT2D eigenvalue weighted by Crippen LogP contribution is -2.04. The van der Waals surface area contributed by atoms with E-state index in [1.165, 1.54) is 21.8 Å². The molecule has 0 fully saturated rings. The zero-order chi connectivity index (χ0) is 37.0. The summed E-state index contributed by atoms with van der Waals surface area (Å²) in [4.78, 5) is 19.9. The fourth-order valence-electron chi connectivity index (χ4n) is 8.11. The molecule has 262 valence electrons. The zero-order valence-electron chi connectivity index (χ0n) is 30.2. The minimum Gasteiger partial charge on any atom is -0.309 e. The predicted molar refractivity (Wildman–Crippen MR) is 228 cm³/mol. The topological polar surface area (TPSA) is 61.4 Å². The van der Waals surface area contributed by atoms with Crippen molar-refractivity contribution in [3.05, 3.63) is 194 Å². The van der Waals surface area contributed by atoms with Crippen LogP contribution in [0.1, 0.15) is 0 Å². The van der Waals surface area contributed by atoms with Crippen LogP contribution in [-0.2, 0) is 0 Å². The second kappa shape index (κ2) is 13.0. The molecule has 0 saturated carbocycles. The Hall–Kier alpha value is -7.70. The Morgan fingerprint density at radius 3 is 1.46 bits per heavy atom. The Kier molecular flexibility index (Phi) is 7.38. The van der Waals surface area contributed by atoms with Gasteiger partial charge in [-0.1, -0.05) is 127 Å². The predicted octanol–water partition coefficient (Wildman–Crippen LogP) is 12.1. The molecule has 0 aliphatic rings. The third kappa shape index (κ3) is 5.19. The van der Waals surface area contributed by atoms with Crippen LogP contribution in [-0.4, -0.2) is 29.1 Å². The molecule has 11 aromatic rings. The molecule has 56 heavy (non-hydrogen) atoms. The number of fused-ring (bicyclic) bond motifs is 6. The summed E-state index contributed by atoms with van der Waals surface area (Å²) in [5.74, 6) is 1.82. The monoisotopic (exact) mass is 716 g/mol. The van der Waals surface area contributed by atoms with Crippen molar-refractivity contribution in [2.24, 2.45) is 0 Å². The largest absolute Gasteiger partial charge is 0.309 e. The van der Waals surface area contributed by atoms with Crippen molar-refractivity contribution in [1.82, 2.24) is 29.1 Å². The van der Waals surface area contributed by atoms with Crippen molar-refractivity contribution in [2.45, 2.75) is 0 Å². The lowest BCUT2D eigenvalue weighted by Gasteiger charge is -2.16. The Balaban J connectivity index is 1.19. The summed E-state index contributed by atoms with van der Waals surface area (Å²) in [5.41, 5.74) is 11.4. The van der Waals surface area contributed by atoms with Crippen LogP contribution in [0.3, 0.4) is 0 Å². The van der Waals surface area contributed by atoms with Gasteiger partial charge in [0.25, 0.3) is 0 Å². The molecule has 0 aliphatic heterocycles. The highest BCUT2D eigenvalue weighted by Crippen LogP contribution is 2.40. The maximum Gasteiger partial charge on any atom is 0.166 e. The molecular weight excluding hydrogens is 685 g/mol. The molecule has 0 aliphatic carbocycles. The molecule has 4 heterocycles. The number of nitrogens with zero attached hydrogens (tertiary/aromatic N) is 6. The van der Waals surface area contributed by atoms with Crippen LogP contribution < -0.4 is 0 Å². The maximum atomic E-state index is 5.22. The van der Waals surface area contributed by atoms with Crippen LogP contribution in [0.5, 0.6) is 0 Å². The SMILES string of the molecule is c1ccc(-c2nc(-c3ccccc3)nc(-c3cc(-c4cccnc4)ccc3-n3c4ccccc4c4cc(-n5c6ccccc6c6ccccc65)ccc43)n2)cc1. The van der Waals surface area contributed by atoms with Gasteiger partial charge >= 0.3 is 0 Å². The molecule has 7 aromatic carbocycles. The molecule has 0 spiro atoms. The van der Waals surface area contributed by atoms with E-state index in [2.05, 4.69) is 129 Å². The van der Waals surface area contributed by atoms with Gasteiger partial charge in [0.2, 0.25) is 0 Å². The minimum atomic E-state index is 0.589. The van der Waals surface area contributed by atoms with Crippen LogP contribution in [0, 0.1) is 0 Å². The summed E-state index contributed by atoms with van der Waals surface area (Å²) in [5, 5.41) is 4.81. The van der Waals surface area contributed by atoms with Gasteiger partial charge in [-0.05, 0) is 60.2 Å². The fraction of sp³-hybridized carbons (Fsp3) is 0. The summed E-state index contributed by atoms with van der Waals surface area (Å²) in [7, 11) is 0. The lowest BCUT2D eigenvalue weighted by molar-refractivity contribution is 1.06. The number of benzene rings is 7. The molecule has 11 rings (SSSR count). The van der Waals surface area contributed by atoms with E-state index in [4.69, 9.17) is 15.0 Å². The summed E-state index contributed by atoms with van der Waals surface area (Å²) in [6.07, 6.45) is 3.70. The maximum absolute atomic E-state index is 5.22. The first-order chi connectivity index (χ1) is 27.8. The molecule has 0 bridgehead atoms. The van der Waals surface area contributed by atoms with Crippen LogP contribution in [0.25, 0.3) is 100 Å². The molecular formula is C50H32N6. The van der Waals surface area contributed by atoms with Gasteiger partial charge in [-0.15, -0.1) is 0 Å². The van der Waals surface area contributed by atoms with Crippen LogP contribution >= 0.6 is 0 Å². The highest BCUT2D eigenvalue weighted by molar-refractivity contribution is 6.12. The molecule has 0 atom stereocenters. The van der Waals surface area contributed by atoms with Crippen LogP contribution in [0.15, 0.2) is 194 Å². The molecule has 0 unspecified atom stereocenters. The number of hydrogen-bond donors (Lipinski definition) is 0. The number of para-hydroxylation sites is 3. The summed E-state index contributed by atoms with van der Waals surface area (Å²) >= 11 is 0. The highest BCUT2D eigenvalue weighted by Gasteiger charge is 2.21. The second-order valence-electron chi connectivity index (χ2n) is 13.9. The number of rotatable bonds is 6. The van der Waals surface area contributed by atoms with E-state index >= 15 is 0 Å². The standard InChI is InChI=1S/C50H32N6/c1-3-14-33(15-4-1)48-52-49(34-16-5-2-6-17-34)54-50(53-48)42-30-35(36-18-13-29-51-32-36)25-27-47(42)56-45-24-12-9-21-40(45)41-31-37(26-28-46(41)56)55-43-22-10-7-19-38(43)39-20-8-11-23-44(39)55/h1-32H. The average Bonchev–Trinajstić information content (AvgIpc) is 3.79. The number of hydrogen-bond acceptors (Lipinski definition) is 4. The average molecular weight is 717 g/mol. The third-order valence-corrected chi connectivity index (χ3v) is 10.7. The van der Waals surface area contributed by atoms with E-state index < -0.39 is 0 Å². The van der Waals surface area contributed by atoms with Crippen molar-refractivity contribution in [3.63, 3.8) is 0 Å². The van der Waals surface area contributed by atoms with Crippen molar-refractivity contribution in [2.75, 3.05) is 0 Å². The third-order valence-electron chi connectivity index (χ3n) is 10.7. The van der Waals surface area contributed by atoms with Gasteiger partial charge in [0.15, 0.2) is 17.5 Å². The van der Waals surface area contributed by atoms with E-state index in [-0.39, 0.29) is 0 Å². The van der Waals surface area contributed by atoms with E-state index in [0.29, 0.717) is 17.5 Å². The van der Waals surface area contributed by atoms with Crippen LogP contribution in [0.2, 0.25) is 0 Å². The van der Waals surface area contributed by atoms with Gasteiger partial charge in [0.05, 0.1) is 27.8 Å². The summed E-state index contributed by atoms with van der Waals surface area (Å²) in [6.45, 7) is 0. The molecule has 6 nitrogen and oxygen atoms in total. The highest BCUT2D eigenvalue weighted by atomic mass is 15.1. The van der Waals surface area contributed by atoms with Gasteiger partial charge in [-0.2, -0.15) is 0 Å². The fourth-order valence-corrected chi connectivity index (χ4v) is 8.11. The van der Waals surface area contributed by atoms with E-state index in [1.807, 2.05) is 72.9 Å². The Morgan fingerprint density at radius 1 is 0.339 bits per heavy atom. The van der Waals surface area contributed by atoms with Gasteiger partial charge in [-0.25, -0.2) is 15.0 Å². The quantitative estimate of drug-likeness (QED) is 0.172. The zero-order valence-corrected chi connectivity index (χ0v) is 30.2. The normalized spacial score (nSPS) is 11.6. The van der Waals surface area contributed by atoms with E-state index in [0.717, 1.165) is 61.0 Å². The smallest absolute Gasteiger partial charge is 0.166 e. The molecule has 4 aromatic heterocycles. The van der Waals surface area contributed by atoms with Crippen molar-refractivity contribution >= 4 is 43.6 Å². The van der Waals surface area contributed by atoms with E-state index in [1.54, 1.807) is 6.20 Å². The van der Waals surface area contributed by atoms with Gasteiger partial charge in [-0.3, -0.25) is 4.98 Å². The summed E-state index contributed by atoms with van der Waals surface area (Å²) < 4.78 is 4.74. The molecule has 0 saturated heterocycles. The second-order valence-corrected chi connectivity index (χ2v) is 13.9. The van der Waals surface area contributed by atoms with Crippen molar-refractivity contribution in [1.29, 1.82) is 0 Å². The number of pyridine rings is 1. The van der Waals surface area contributed by atoms with Crippen molar-refractivity contribution < 1.29 is 0 Å². The minimum absolute atomic E-state index is 0.589. The lowest BCUT2D eigenvalue weighted by atomic mass is 10.0. The molecule has 0 amide bonds. The summed E-state index contributed by atoms with van der Waals surface area (Å²) in [6, 6.07) is 63.6. The molecule has 0 radical (unpaired) electrons. The van der Waals surface area contributed by atoms with Crippen LogP contribution in [0.4, 0.5) is 0 Å². The molecule has 0 N–H and O–H groups in total. The number of aromatic nitrogens is 6. The Bertz CT molecular complexity index is 3130. The Morgan fingerprint density at radius 2 is 0.857 bits per heavy atom. The van der Waals surface area contributed by atoms with Crippen molar-refractivity contribution in [3.8, 4) is 56.7 Å². The van der Waals surface area contributed by atoms with Gasteiger partial charge in [0, 0.05) is 61.9 Å².